The minimum atomic E-state index is -0.149. The van der Waals surface area contributed by atoms with E-state index < -0.39 is 0 Å². The smallest absolute Gasteiger partial charge is 0.230 e. The molecule has 0 atom stereocenters. The average Bonchev–Trinajstić information content (AvgIpc) is 3.34. The van der Waals surface area contributed by atoms with E-state index in [9.17, 15) is 4.79 Å². The molecule has 0 spiro atoms. The minimum absolute atomic E-state index is 0.149. The molecule has 4 heterocycles. The van der Waals surface area contributed by atoms with Gasteiger partial charge in [0.25, 0.3) is 0 Å². The summed E-state index contributed by atoms with van der Waals surface area (Å²) in [7, 11) is 0. The molecule has 2 aliphatic rings. The number of fused-ring (bicyclic) bond motifs is 2. The number of rotatable bonds is 6. The lowest BCUT2D eigenvalue weighted by molar-refractivity contribution is -0.115. The number of hydrogen-bond acceptors (Lipinski definition) is 7. The number of anilines is 2. The van der Waals surface area contributed by atoms with E-state index in [0.29, 0.717) is 36.6 Å². The van der Waals surface area contributed by atoms with E-state index in [4.69, 9.17) is 14.5 Å². The van der Waals surface area contributed by atoms with E-state index in [0.717, 1.165) is 59.6 Å². The predicted octanol–water partition coefficient (Wildman–Crippen LogP) is 4.11. The lowest BCUT2D eigenvalue weighted by Crippen LogP contribution is -2.49. The fourth-order valence-corrected chi connectivity index (χ4v) is 5.06. The topological polar surface area (TPSA) is 95.6 Å². The Morgan fingerprint density at radius 1 is 0.974 bits per heavy atom. The van der Waals surface area contributed by atoms with Gasteiger partial charge in [0.15, 0.2) is 17.3 Å². The number of benzene rings is 2. The number of carbonyl (C=O) groups excluding carboxylic acids is 1. The summed E-state index contributed by atoms with van der Waals surface area (Å²) in [6.45, 7) is 9.63. The number of aromatic amines is 1. The molecule has 196 valence electrons. The molecule has 2 aromatic heterocycles. The second-order valence-corrected chi connectivity index (χ2v) is 10.1. The van der Waals surface area contributed by atoms with Crippen molar-refractivity contribution < 1.29 is 14.3 Å². The van der Waals surface area contributed by atoms with Crippen molar-refractivity contribution in [3.63, 3.8) is 0 Å². The van der Waals surface area contributed by atoms with Crippen molar-refractivity contribution in [3.05, 3.63) is 60.3 Å². The van der Waals surface area contributed by atoms with Crippen molar-refractivity contribution in [2.24, 2.45) is 0 Å². The van der Waals surface area contributed by atoms with Crippen molar-refractivity contribution in [1.82, 2.24) is 20.1 Å². The highest BCUT2D eigenvalue weighted by Crippen LogP contribution is 2.31. The molecule has 2 aliphatic heterocycles. The third kappa shape index (κ3) is 5.02. The van der Waals surface area contributed by atoms with Gasteiger partial charge >= 0.3 is 0 Å². The number of carbonyl (C=O) groups is 1. The molecule has 0 radical (unpaired) electrons. The fourth-order valence-electron chi connectivity index (χ4n) is 5.06. The van der Waals surface area contributed by atoms with E-state index in [2.05, 4.69) is 51.3 Å². The summed E-state index contributed by atoms with van der Waals surface area (Å²) in [6, 6.07) is 16.4. The van der Waals surface area contributed by atoms with E-state index in [1.165, 1.54) is 0 Å². The Balaban J connectivity index is 1.14. The molecule has 1 saturated heterocycles. The molecule has 4 aromatic rings. The highest BCUT2D eigenvalue weighted by molar-refractivity contribution is 6.01. The summed E-state index contributed by atoms with van der Waals surface area (Å²) < 4.78 is 11.2. The summed E-state index contributed by atoms with van der Waals surface area (Å²) in [4.78, 5) is 22.4. The minimum Gasteiger partial charge on any atom is -0.486 e. The van der Waals surface area contributed by atoms with Crippen LogP contribution < -0.4 is 19.7 Å². The molecule has 0 unspecified atom stereocenters. The number of amides is 1. The number of nitrogens with zero attached hydrogens (tertiary/aromatic N) is 4. The zero-order valence-electron chi connectivity index (χ0n) is 21.7. The third-order valence-electron chi connectivity index (χ3n) is 7.24. The third-order valence-corrected chi connectivity index (χ3v) is 7.24. The Labute approximate surface area is 221 Å². The van der Waals surface area contributed by atoms with Crippen LogP contribution in [0.1, 0.15) is 19.4 Å². The lowest BCUT2D eigenvalue weighted by Gasteiger charge is -2.37. The molecule has 9 heteroatoms. The molecule has 0 aliphatic carbocycles. The predicted molar refractivity (Wildman–Crippen MR) is 148 cm³/mol. The summed E-state index contributed by atoms with van der Waals surface area (Å²) in [5.41, 5.74) is 3.75. The Morgan fingerprint density at radius 2 is 1.76 bits per heavy atom. The van der Waals surface area contributed by atoms with Gasteiger partial charge in [0, 0.05) is 49.4 Å². The molecule has 1 amide bonds. The second-order valence-electron chi connectivity index (χ2n) is 10.1. The number of hydrogen-bond donors (Lipinski definition) is 2. The zero-order chi connectivity index (χ0) is 26.1. The number of H-pyrrole nitrogens is 1. The Hall–Kier alpha value is -4.11. The maximum atomic E-state index is 12.8. The van der Waals surface area contributed by atoms with E-state index in [-0.39, 0.29) is 12.3 Å². The Morgan fingerprint density at radius 3 is 2.53 bits per heavy atom. The molecule has 0 bridgehead atoms. The van der Waals surface area contributed by atoms with Crippen LogP contribution >= 0.6 is 0 Å². The lowest BCUT2D eigenvalue weighted by atomic mass is 10.1. The van der Waals surface area contributed by atoms with Crippen LogP contribution in [0.5, 0.6) is 11.5 Å². The molecule has 6 rings (SSSR count). The van der Waals surface area contributed by atoms with Gasteiger partial charge in [-0.25, -0.2) is 4.98 Å². The van der Waals surface area contributed by atoms with Crippen LogP contribution in [0.25, 0.3) is 22.0 Å². The van der Waals surface area contributed by atoms with Crippen LogP contribution in [0.2, 0.25) is 0 Å². The summed E-state index contributed by atoms with van der Waals surface area (Å²) in [6.07, 6.45) is 2.13. The van der Waals surface area contributed by atoms with E-state index in [1.54, 1.807) is 0 Å². The van der Waals surface area contributed by atoms with Gasteiger partial charge in [0.2, 0.25) is 5.91 Å². The van der Waals surface area contributed by atoms with Gasteiger partial charge in [-0.05, 0) is 61.4 Å². The first kappa shape index (κ1) is 24.2. The zero-order valence-corrected chi connectivity index (χ0v) is 21.7. The summed E-state index contributed by atoms with van der Waals surface area (Å²) in [5, 5.41) is 11.2. The van der Waals surface area contributed by atoms with Crippen molar-refractivity contribution in [2.75, 3.05) is 49.6 Å². The van der Waals surface area contributed by atoms with Gasteiger partial charge in [-0.2, -0.15) is 5.10 Å². The van der Waals surface area contributed by atoms with Gasteiger partial charge in [-0.3, -0.25) is 14.8 Å². The van der Waals surface area contributed by atoms with Crippen LogP contribution in [0.4, 0.5) is 11.6 Å². The molecular weight excluding hydrogens is 480 g/mol. The van der Waals surface area contributed by atoms with Crippen LogP contribution in [-0.2, 0) is 11.2 Å². The molecular formula is C29H32N6O3. The molecule has 2 aromatic carbocycles. The first-order chi connectivity index (χ1) is 18.5. The van der Waals surface area contributed by atoms with Crippen LogP contribution in [0.15, 0.2) is 54.7 Å². The van der Waals surface area contributed by atoms with Crippen molar-refractivity contribution in [3.8, 4) is 22.6 Å². The van der Waals surface area contributed by atoms with Crippen LogP contribution in [0.3, 0.4) is 0 Å². The average molecular weight is 513 g/mol. The first-order valence-electron chi connectivity index (χ1n) is 13.2. The van der Waals surface area contributed by atoms with Crippen LogP contribution in [0, 0.1) is 0 Å². The maximum Gasteiger partial charge on any atom is 0.230 e. The van der Waals surface area contributed by atoms with Crippen molar-refractivity contribution in [1.29, 1.82) is 0 Å². The first-order valence-corrected chi connectivity index (χ1v) is 13.2. The Kier molecular flexibility index (Phi) is 6.59. The normalized spacial score (nSPS) is 15.7. The van der Waals surface area contributed by atoms with Gasteiger partial charge in [0.05, 0.1) is 11.9 Å². The van der Waals surface area contributed by atoms with Crippen molar-refractivity contribution in [2.45, 2.75) is 26.3 Å². The highest BCUT2D eigenvalue weighted by Gasteiger charge is 2.20. The largest absolute Gasteiger partial charge is 0.486 e. The van der Waals surface area contributed by atoms with Gasteiger partial charge < -0.3 is 19.7 Å². The fraction of sp³-hybridized carbons (Fsp3) is 0.345. The molecule has 9 nitrogen and oxygen atoms in total. The van der Waals surface area contributed by atoms with Gasteiger partial charge in [-0.15, -0.1) is 0 Å². The summed E-state index contributed by atoms with van der Waals surface area (Å²) >= 11 is 0. The number of aromatic nitrogens is 3. The van der Waals surface area contributed by atoms with E-state index in [1.807, 2.05) is 42.6 Å². The second kappa shape index (κ2) is 10.3. The van der Waals surface area contributed by atoms with Gasteiger partial charge in [-0.1, -0.05) is 12.1 Å². The number of pyridine rings is 1. The number of piperazine rings is 1. The maximum absolute atomic E-state index is 12.8. The van der Waals surface area contributed by atoms with Crippen LogP contribution in [-0.4, -0.2) is 71.4 Å². The molecule has 0 saturated carbocycles. The Bertz CT molecular complexity index is 1440. The highest BCUT2D eigenvalue weighted by atomic mass is 16.6. The number of ether oxygens (including phenoxy) is 2. The molecule has 1 fully saturated rings. The monoisotopic (exact) mass is 512 g/mol. The quantitative estimate of drug-likeness (QED) is 0.401. The van der Waals surface area contributed by atoms with Gasteiger partial charge in [0.1, 0.15) is 19.0 Å². The van der Waals surface area contributed by atoms with E-state index >= 15 is 0 Å². The SMILES string of the molecule is CC(C)N1CCN(c2ccc(-c3ccc4[nH]nc(NC(=O)Cc5ccc6c(c5)OCCO6)c4c3)cn2)CC1. The summed E-state index contributed by atoms with van der Waals surface area (Å²) in [5.74, 6) is 2.76. The number of nitrogens with one attached hydrogen (secondary N) is 2. The standard InChI is InChI=1S/C29H32N6O3/c1-19(2)34-9-11-35(12-10-34)27-8-5-22(18-30-27)21-4-6-24-23(17-21)29(33-32-24)31-28(36)16-20-3-7-25-26(15-20)38-14-13-37-25/h3-8,15,17-19H,9-14,16H2,1-2H3,(H2,31,32,33,36). The van der Waals surface area contributed by atoms with Crippen molar-refractivity contribution >= 4 is 28.4 Å². The molecule has 38 heavy (non-hydrogen) atoms. The molecule has 2 N–H and O–H groups in total.